The molecule has 0 spiro atoms. The molecular weight excluding hydrogens is 274 g/mol. The van der Waals surface area contributed by atoms with E-state index in [4.69, 9.17) is 16.9 Å². The summed E-state index contributed by atoms with van der Waals surface area (Å²) < 4.78 is 1.64. The lowest BCUT2D eigenvalue weighted by Crippen LogP contribution is -1.92. The van der Waals surface area contributed by atoms with Gasteiger partial charge in [0.15, 0.2) is 11.9 Å². The number of halogens is 1. The average Bonchev–Trinajstić information content (AvgIpc) is 2.87. The second kappa shape index (κ2) is 4.80. The summed E-state index contributed by atoms with van der Waals surface area (Å²) in [6.07, 6.45) is 2.47. The zero-order valence-electron chi connectivity index (χ0n) is 10.2. The van der Waals surface area contributed by atoms with Crippen LogP contribution in [0.5, 0.6) is 0 Å². The number of nitrogens with zero attached hydrogens (tertiary/aromatic N) is 3. The molecule has 0 unspecified atom stereocenters. The van der Waals surface area contributed by atoms with E-state index in [1.165, 1.54) is 0 Å². The van der Waals surface area contributed by atoms with E-state index >= 15 is 0 Å². The van der Waals surface area contributed by atoms with Gasteiger partial charge in [0.25, 0.3) is 0 Å². The number of pyridine rings is 1. The molecule has 0 fully saturated rings. The van der Waals surface area contributed by atoms with Gasteiger partial charge in [0.05, 0.1) is 16.7 Å². The average molecular weight is 282 g/mol. The minimum Gasteiger partial charge on any atom is -0.296 e. The first-order valence-corrected chi connectivity index (χ1v) is 6.24. The fourth-order valence-corrected chi connectivity index (χ4v) is 2.32. The van der Waals surface area contributed by atoms with Crippen LogP contribution in [0.2, 0.25) is 5.02 Å². The largest absolute Gasteiger partial charge is 0.296 e. The summed E-state index contributed by atoms with van der Waals surface area (Å²) in [5, 5.41) is 9.42. The number of nitriles is 1. The summed E-state index contributed by atoms with van der Waals surface area (Å²) in [5.74, 6) is 0. The molecule has 4 nitrogen and oxygen atoms in total. The van der Waals surface area contributed by atoms with Gasteiger partial charge in [-0.05, 0) is 24.3 Å². The monoisotopic (exact) mass is 281 g/mol. The third-order valence-electron chi connectivity index (χ3n) is 3.02. The molecule has 0 atom stereocenters. The smallest absolute Gasteiger partial charge is 0.169 e. The van der Waals surface area contributed by atoms with Crippen molar-refractivity contribution < 1.29 is 4.79 Å². The van der Waals surface area contributed by atoms with Crippen LogP contribution in [0.1, 0.15) is 16.1 Å². The van der Waals surface area contributed by atoms with Gasteiger partial charge in [0, 0.05) is 11.8 Å². The highest BCUT2D eigenvalue weighted by atomic mass is 35.5. The fourth-order valence-electron chi connectivity index (χ4n) is 2.11. The molecule has 0 amide bonds. The van der Waals surface area contributed by atoms with Gasteiger partial charge in [-0.25, -0.2) is 4.98 Å². The Bertz CT molecular complexity index is 861. The van der Waals surface area contributed by atoms with Crippen LogP contribution in [0.15, 0.2) is 42.6 Å². The predicted octanol–water partition coefficient (Wildman–Crippen LogP) is 3.34. The van der Waals surface area contributed by atoms with Gasteiger partial charge in [0.1, 0.15) is 11.4 Å². The van der Waals surface area contributed by atoms with Gasteiger partial charge in [-0.3, -0.25) is 9.20 Å². The standard InChI is InChI=1S/C15H8ClN3O/c16-12-5-2-6-19-13(9-20)14(18-15(12)19)11-4-1-3-10(7-11)8-17/h1-7,9H. The topological polar surface area (TPSA) is 58.2 Å². The van der Waals surface area contributed by atoms with Crippen LogP contribution < -0.4 is 0 Å². The summed E-state index contributed by atoms with van der Waals surface area (Å²) in [7, 11) is 0. The van der Waals surface area contributed by atoms with E-state index < -0.39 is 0 Å². The van der Waals surface area contributed by atoms with E-state index in [0.29, 0.717) is 33.2 Å². The number of benzene rings is 1. The highest BCUT2D eigenvalue weighted by molar-refractivity contribution is 6.33. The number of carbonyl (C=O) groups excluding carboxylic acids is 1. The summed E-state index contributed by atoms with van der Waals surface area (Å²) in [4.78, 5) is 15.8. The van der Waals surface area contributed by atoms with Crippen molar-refractivity contribution >= 4 is 23.5 Å². The maximum atomic E-state index is 11.4. The van der Waals surface area contributed by atoms with Gasteiger partial charge in [-0.2, -0.15) is 5.26 Å². The lowest BCUT2D eigenvalue weighted by atomic mass is 10.1. The molecular formula is C15H8ClN3O. The number of carbonyl (C=O) groups is 1. The number of hydrogen-bond donors (Lipinski definition) is 0. The summed E-state index contributed by atoms with van der Waals surface area (Å²) in [6.45, 7) is 0. The number of rotatable bonds is 2. The van der Waals surface area contributed by atoms with Crippen molar-refractivity contribution in [2.24, 2.45) is 0 Å². The van der Waals surface area contributed by atoms with E-state index in [9.17, 15) is 4.79 Å². The highest BCUT2D eigenvalue weighted by Gasteiger charge is 2.15. The van der Waals surface area contributed by atoms with E-state index in [1.54, 1.807) is 40.9 Å². The number of aromatic nitrogens is 2. The molecule has 0 N–H and O–H groups in total. The van der Waals surface area contributed by atoms with E-state index in [1.807, 2.05) is 6.07 Å². The van der Waals surface area contributed by atoms with E-state index in [-0.39, 0.29) is 0 Å². The van der Waals surface area contributed by atoms with Crippen molar-refractivity contribution in [3.8, 4) is 17.3 Å². The van der Waals surface area contributed by atoms with E-state index in [2.05, 4.69) is 11.1 Å². The number of imidazole rings is 1. The Balaban J connectivity index is 2.33. The molecule has 0 aliphatic carbocycles. The molecule has 0 saturated heterocycles. The van der Waals surface area contributed by atoms with Gasteiger partial charge in [-0.1, -0.05) is 23.7 Å². The Kier molecular flexibility index (Phi) is 2.97. The van der Waals surface area contributed by atoms with Crippen LogP contribution in [0.4, 0.5) is 0 Å². The molecule has 1 aromatic carbocycles. The second-order valence-electron chi connectivity index (χ2n) is 4.21. The molecule has 3 rings (SSSR count). The third-order valence-corrected chi connectivity index (χ3v) is 3.31. The number of aldehydes is 1. The zero-order chi connectivity index (χ0) is 14.1. The van der Waals surface area contributed by atoms with Crippen molar-refractivity contribution in [1.82, 2.24) is 9.38 Å². The van der Waals surface area contributed by atoms with Crippen LogP contribution >= 0.6 is 11.6 Å². The lowest BCUT2D eigenvalue weighted by molar-refractivity contribution is 0.111. The van der Waals surface area contributed by atoms with Gasteiger partial charge in [-0.15, -0.1) is 0 Å². The van der Waals surface area contributed by atoms with E-state index in [0.717, 1.165) is 6.29 Å². The first-order valence-electron chi connectivity index (χ1n) is 5.87. The Morgan fingerprint density at radius 2 is 2.15 bits per heavy atom. The van der Waals surface area contributed by atoms with Gasteiger partial charge >= 0.3 is 0 Å². The molecule has 96 valence electrons. The fraction of sp³-hybridized carbons (Fsp3) is 0. The van der Waals surface area contributed by atoms with Gasteiger partial charge in [0.2, 0.25) is 0 Å². The minimum atomic E-state index is 0.414. The lowest BCUT2D eigenvalue weighted by Gasteiger charge is -1.99. The first-order chi connectivity index (χ1) is 9.74. The molecule has 0 saturated carbocycles. The molecule has 0 radical (unpaired) electrons. The van der Waals surface area contributed by atoms with Crippen LogP contribution in [0.3, 0.4) is 0 Å². The number of hydrogen-bond acceptors (Lipinski definition) is 3. The molecule has 0 bridgehead atoms. The predicted molar refractivity (Wildman–Crippen MR) is 75.7 cm³/mol. The summed E-state index contributed by atoms with van der Waals surface area (Å²) in [6, 6.07) is 12.5. The van der Waals surface area contributed by atoms with Gasteiger partial charge < -0.3 is 0 Å². The van der Waals surface area contributed by atoms with Crippen LogP contribution in [-0.2, 0) is 0 Å². The molecule has 3 aromatic rings. The van der Waals surface area contributed by atoms with Crippen LogP contribution in [0.25, 0.3) is 16.9 Å². The zero-order valence-corrected chi connectivity index (χ0v) is 11.0. The Labute approximate surface area is 119 Å². The molecule has 20 heavy (non-hydrogen) atoms. The van der Waals surface area contributed by atoms with Crippen molar-refractivity contribution in [3.63, 3.8) is 0 Å². The normalized spacial score (nSPS) is 10.4. The second-order valence-corrected chi connectivity index (χ2v) is 4.61. The van der Waals surface area contributed by atoms with Crippen molar-refractivity contribution in [3.05, 3.63) is 58.9 Å². The maximum Gasteiger partial charge on any atom is 0.169 e. The van der Waals surface area contributed by atoms with Crippen molar-refractivity contribution in [1.29, 1.82) is 5.26 Å². The molecule has 0 aliphatic heterocycles. The van der Waals surface area contributed by atoms with Crippen LogP contribution in [-0.4, -0.2) is 15.7 Å². The summed E-state index contributed by atoms with van der Waals surface area (Å²) in [5.41, 5.74) is 2.69. The van der Waals surface area contributed by atoms with Crippen molar-refractivity contribution in [2.75, 3.05) is 0 Å². The maximum absolute atomic E-state index is 11.4. The highest BCUT2D eigenvalue weighted by Crippen LogP contribution is 2.27. The molecule has 5 heteroatoms. The molecule has 2 heterocycles. The summed E-state index contributed by atoms with van der Waals surface area (Å²) >= 11 is 6.09. The SMILES string of the molecule is N#Cc1cccc(-c2nc3c(Cl)cccn3c2C=O)c1. The Morgan fingerprint density at radius 3 is 2.90 bits per heavy atom. The molecule has 0 aliphatic rings. The minimum absolute atomic E-state index is 0.414. The molecule has 2 aromatic heterocycles. The quantitative estimate of drug-likeness (QED) is 0.677. The van der Waals surface area contributed by atoms with Crippen molar-refractivity contribution in [2.45, 2.75) is 0 Å². The first kappa shape index (κ1) is 12.4. The third kappa shape index (κ3) is 1.85. The number of fused-ring (bicyclic) bond motifs is 1. The van der Waals surface area contributed by atoms with Crippen LogP contribution in [0, 0.1) is 11.3 Å². The Morgan fingerprint density at radius 1 is 1.30 bits per heavy atom. The Hall–Kier alpha value is -2.64.